The van der Waals surface area contributed by atoms with Crippen molar-refractivity contribution in [1.29, 1.82) is 0 Å². The quantitative estimate of drug-likeness (QED) is 0.183. The first-order valence-corrected chi connectivity index (χ1v) is 17.5. The minimum Gasteiger partial charge on any atom is -0.394 e. The third kappa shape index (κ3) is 5.56. The van der Waals surface area contributed by atoms with Crippen LogP contribution in [-0.4, -0.2) is 104 Å². The molecule has 4 saturated carbocycles. The van der Waals surface area contributed by atoms with Gasteiger partial charge in [0, 0.05) is 17.8 Å². The van der Waals surface area contributed by atoms with Gasteiger partial charge in [-0.3, -0.25) is 4.79 Å². The first-order chi connectivity index (χ1) is 21.4. The number of aliphatic hydroxyl groups excluding tert-OH is 6. The van der Waals surface area contributed by atoms with E-state index >= 15 is 0 Å². The van der Waals surface area contributed by atoms with E-state index in [1.807, 2.05) is 26.8 Å². The van der Waals surface area contributed by atoms with Gasteiger partial charge in [-0.25, -0.2) is 0 Å². The van der Waals surface area contributed by atoms with Gasteiger partial charge in [-0.2, -0.15) is 0 Å². The molecule has 0 radical (unpaired) electrons. The molecule has 0 amide bonds. The van der Waals surface area contributed by atoms with Crippen LogP contribution in [0.1, 0.15) is 99.3 Å². The highest BCUT2D eigenvalue weighted by Crippen LogP contribution is 2.75. The molecule has 0 unspecified atom stereocenters. The Morgan fingerprint density at radius 1 is 0.978 bits per heavy atom. The summed E-state index contributed by atoms with van der Waals surface area (Å²) in [4.78, 5) is 13.0. The van der Waals surface area contributed by atoms with Crippen molar-refractivity contribution in [1.82, 2.24) is 0 Å². The van der Waals surface area contributed by atoms with Crippen LogP contribution in [0.4, 0.5) is 0 Å². The van der Waals surface area contributed by atoms with Crippen LogP contribution in [0.5, 0.6) is 0 Å². The zero-order valence-electron chi connectivity index (χ0n) is 28.7. The van der Waals surface area contributed by atoms with E-state index in [0.717, 1.165) is 37.7 Å². The van der Waals surface area contributed by atoms with Gasteiger partial charge in [0.1, 0.15) is 30.2 Å². The van der Waals surface area contributed by atoms with E-state index < -0.39 is 54.4 Å². The summed E-state index contributed by atoms with van der Waals surface area (Å²) in [5.74, 6) is 0.696. The number of hydrogen-bond acceptors (Lipinski definition) is 10. The standard InChI is InChI=1S/C36H60O10/c1-20(18-45-31-29(43)28(42)27(41)24(17-37)46-31)8-7-13-36(44,19-38)22-11-15-34(5)21(22)9-10-25-33(4)14-12-26(40)32(2,3)30(33)23(39)16-35(25,34)6/h8,21-25,27-31,37-39,41-44H,7,9-19H2,1-6H3/b20-8+/t21-,22+,23+,24-,25-,27-,28+,29-,30+,31-,33-,34-,35-,36-/m1/s1. The van der Waals surface area contributed by atoms with Gasteiger partial charge < -0.3 is 45.2 Å². The Kier molecular flexibility index (Phi) is 10.1. The Labute approximate surface area is 274 Å². The van der Waals surface area contributed by atoms with E-state index in [-0.39, 0.29) is 53.0 Å². The lowest BCUT2D eigenvalue weighted by molar-refractivity contribution is -0.299. The Bertz CT molecular complexity index is 1160. The van der Waals surface area contributed by atoms with Crippen LogP contribution in [0.2, 0.25) is 0 Å². The maximum atomic E-state index is 13.0. The van der Waals surface area contributed by atoms with E-state index in [4.69, 9.17) is 9.47 Å². The van der Waals surface area contributed by atoms with Crippen molar-refractivity contribution in [2.45, 2.75) is 142 Å². The molecule has 7 N–H and O–H groups in total. The number of Topliss-reactive ketones (excluding diaryl/α,β-unsaturated/α-hetero) is 1. The Hall–Kier alpha value is -0.950. The zero-order chi connectivity index (χ0) is 34.0. The van der Waals surface area contributed by atoms with Gasteiger partial charge in [0.05, 0.1) is 31.5 Å². The Morgan fingerprint density at radius 2 is 1.67 bits per heavy atom. The summed E-state index contributed by atoms with van der Waals surface area (Å²) >= 11 is 0. The number of rotatable bonds is 9. The van der Waals surface area contributed by atoms with Crippen LogP contribution in [0, 0.1) is 45.3 Å². The van der Waals surface area contributed by atoms with Gasteiger partial charge in [0.15, 0.2) is 6.29 Å². The summed E-state index contributed by atoms with van der Waals surface area (Å²) < 4.78 is 11.1. The van der Waals surface area contributed by atoms with E-state index in [1.54, 1.807) is 0 Å². The number of fused-ring (bicyclic) bond motifs is 5. The third-order valence-electron chi connectivity index (χ3n) is 14.4. The maximum Gasteiger partial charge on any atom is 0.187 e. The van der Waals surface area contributed by atoms with Crippen molar-refractivity contribution in [2.24, 2.45) is 45.3 Å². The van der Waals surface area contributed by atoms with Gasteiger partial charge in [-0.15, -0.1) is 0 Å². The molecule has 0 spiro atoms. The second-order valence-electron chi connectivity index (χ2n) is 17.0. The zero-order valence-corrected chi connectivity index (χ0v) is 28.7. The van der Waals surface area contributed by atoms with E-state index in [1.165, 1.54) is 0 Å². The molecule has 46 heavy (non-hydrogen) atoms. The number of aliphatic hydroxyl groups is 7. The van der Waals surface area contributed by atoms with Gasteiger partial charge in [0.2, 0.25) is 0 Å². The molecule has 10 heteroatoms. The largest absolute Gasteiger partial charge is 0.394 e. The lowest BCUT2D eigenvalue weighted by atomic mass is 9.35. The SMILES string of the molecule is C/C(=C\CC[C@@](O)(CO)[C@H]1CC[C@]2(C)[C@@H]1CC[C@@H]1[C@@]3(C)CCC(=O)C(C)(C)[C@@H]3[C@@H](O)C[C@]12C)CO[C@@H]1O[C@H](CO)[C@@H](O)[C@H](O)[C@H]1O. The molecule has 264 valence electrons. The average Bonchev–Trinajstić information content (AvgIpc) is 3.36. The van der Waals surface area contributed by atoms with Crippen molar-refractivity contribution >= 4 is 5.78 Å². The summed E-state index contributed by atoms with van der Waals surface area (Å²) in [6.45, 7) is 12.2. The summed E-state index contributed by atoms with van der Waals surface area (Å²) in [6.07, 6.45) is 1.29. The molecule has 1 heterocycles. The van der Waals surface area contributed by atoms with Gasteiger partial charge in [-0.05, 0) is 92.3 Å². The number of allylic oxidation sites excluding steroid dienone is 1. The number of ketones is 1. The molecule has 1 saturated heterocycles. The van der Waals surface area contributed by atoms with Gasteiger partial charge in [-0.1, -0.05) is 46.3 Å². The molecule has 0 aromatic carbocycles. The molecule has 5 fully saturated rings. The lowest BCUT2D eigenvalue weighted by Crippen LogP contribution is -2.67. The second kappa shape index (κ2) is 12.7. The fourth-order valence-electron chi connectivity index (χ4n) is 11.8. The Balaban J connectivity index is 1.26. The van der Waals surface area contributed by atoms with Crippen LogP contribution < -0.4 is 0 Å². The molecule has 5 rings (SSSR count). The van der Waals surface area contributed by atoms with Crippen LogP contribution >= 0.6 is 0 Å². The van der Waals surface area contributed by atoms with Crippen molar-refractivity contribution in [3.05, 3.63) is 11.6 Å². The van der Waals surface area contributed by atoms with E-state index in [0.29, 0.717) is 31.6 Å². The second-order valence-corrected chi connectivity index (χ2v) is 17.0. The number of carbonyl (C=O) groups excluding carboxylic acids is 1. The first kappa shape index (κ1) is 36.3. The molecule has 10 nitrogen and oxygen atoms in total. The van der Waals surface area contributed by atoms with Gasteiger partial charge >= 0.3 is 0 Å². The molecular formula is C36H60O10. The number of carbonyl (C=O) groups is 1. The molecule has 4 aliphatic carbocycles. The molecular weight excluding hydrogens is 592 g/mol. The summed E-state index contributed by atoms with van der Waals surface area (Å²) in [7, 11) is 0. The summed E-state index contributed by atoms with van der Waals surface area (Å²) in [5.41, 5.74) is -1.40. The topological polar surface area (TPSA) is 177 Å². The maximum absolute atomic E-state index is 13.0. The molecule has 0 bridgehead atoms. The number of hydrogen-bond donors (Lipinski definition) is 7. The fourth-order valence-corrected chi connectivity index (χ4v) is 11.8. The van der Waals surface area contributed by atoms with Crippen molar-refractivity contribution in [2.75, 3.05) is 19.8 Å². The lowest BCUT2D eigenvalue weighted by Gasteiger charge is -2.70. The van der Waals surface area contributed by atoms with Crippen molar-refractivity contribution in [3.63, 3.8) is 0 Å². The van der Waals surface area contributed by atoms with E-state index in [9.17, 15) is 40.5 Å². The fraction of sp³-hybridized carbons (Fsp3) is 0.917. The minimum atomic E-state index is -1.51. The van der Waals surface area contributed by atoms with Crippen LogP contribution in [0.15, 0.2) is 11.6 Å². The predicted molar refractivity (Wildman–Crippen MR) is 170 cm³/mol. The normalized spacial score (nSPS) is 48.7. The Morgan fingerprint density at radius 3 is 2.33 bits per heavy atom. The molecule has 1 aliphatic heterocycles. The van der Waals surface area contributed by atoms with Gasteiger partial charge in [0.25, 0.3) is 0 Å². The minimum absolute atomic E-state index is 0.0641. The van der Waals surface area contributed by atoms with E-state index in [2.05, 4.69) is 20.8 Å². The highest BCUT2D eigenvalue weighted by molar-refractivity contribution is 5.85. The highest BCUT2D eigenvalue weighted by Gasteiger charge is 2.71. The van der Waals surface area contributed by atoms with Crippen LogP contribution in [0.25, 0.3) is 0 Å². The molecule has 5 aliphatic rings. The van der Waals surface area contributed by atoms with Crippen LogP contribution in [0.3, 0.4) is 0 Å². The summed E-state index contributed by atoms with van der Waals surface area (Å²) in [5, 5.41) is 74.1. The average molecular weight is 653 g/mol. The van der Waals surface area contributed by atoms with Crippen LogP contribution in [-0.2, 0) is 14.3 Å². The van der Waals surface area contributed by atoms with Crippen molar-refractivity contribution < 1.29 is 50.0 Å². The molecule has 0 aromatic rings. The number of ether oxygens (including phenoxy) is 2. The molecule has 0 aromatic heterocycles. The van der Waals surface area contributed by atoms with Crippen molar-refractivity contribution in [3.8, 4) is 0 Å². The monoisotopic (exact) mass is 652 g/mol. The summed E-state index contributed by atoms with van der Waals surface area (Å²) in [6, 6.07) is 0. The predicted octanol–water partition coefficient (Wildman–Crippen LogP) is 2.48. The third-order valence-corrected chi connectivity index (χ3v) is 14.4. The smallest absolute Gasteiger partial charge is 0.187 e. The highest BCUT2D eigenvalue weighted by atomic mass is 16.7. The molecule has 14 atom stereocenters. The first-order valence-electron chi connectivity index (χ1n) is 17.5.